The highest BCUT2D eigenvalue weighted by atomic mass is 32.2. The quantitative estimate of drug-likeness (QED) is 0.339. The van der Waals surface area contributed by atoms with E-state index in [1.807, 2.05) is 0 Å². The van der Waals surface area contributed by atoms with Crippen molar-refractivity contribution in [2.24, 2.45) is 4.99 Å². The van der Waals surface area contributed by atoms with E-state index in [1.165, 1.54) is 32.3 Å². The summed E-state index contributed by atoms with van der Waals surface area (Å²) in [6, 6.07) is 4.00. The van der Waals surface area contributed by atoms with Gasteiger partial charge in [-0.25, -0.2) is 4.99 Å². The Morgan fingerprint density at radius 1 is 1.14 bits per heavy atom. The molecule has 0 bridgehead atoms. The van der Waals surface area contributed by atoms with Gasteiger partial charge in [0.05, 0.1) is 11.4 Å². The van der Waals surface area contributed by atoms with E-state index in [4.69, 9.17) is 0 Å². The lowest BCUT2D eigenvalue weighted by atomic mass is 10.2. The van der Waals surface area contributed by atoms with Gasteiger partial charge < -0.3 is 4.90 Å². The molecule has 0 heterocycles. The van der Waals surface area contributed by atoms with E-state index >= 15 is 0 Å². The molecule has 22 heavy (non-hydrogen) atoms. The van der Waals surface area contributed by atoms with Gasteiger partial charge in [-0.1, -0.05) is 6.07 Å². The van der Waals surface area contributed by atoms with Crippen LogP contribution in [-0.4, -0.2) is 42.9 Å². The largest absolute Gasteiger partial charge is 0.449 e. The third kappa shape index (κ3) is 5.78. The van der Waals surface area contributed by atoms with Crippen molar-refractivity contribution in [1.29, 1.82) is 0 Å². The van der Waals surface area contributed by atoms with Gasteiger partial charge in [0, 0.05) is 19.0 Å². The SMILES string of the molecule is Cc1ccc(N=C(N(C)C)C(F)(F)F)cc1SCC(F)(F)F. The molecule has 0 aliphatic rings. The second kappa shape index (κ2) is 6.80. The Morgan fingerprint density at radius 3 is 2.18 bits per heavy atom. The van der Waals surface area contributed by atoms with E-state index in [0.717, 1.165) is 4.90 Å². The molecule has 1 aromatic rings. The van der Waals surface area contributed by atoms with Gasteiger partial charge in [0.25, 0.3) is 0 Å². The molecule has 0 radical (unpaired) electrons. The molecule has 0 saturated heterocycles. The van der Waals surface area contributed by atoms with Gasteiger partial charge in [-0.2, -0.15) is 26.3 Å². The molecule has 124 valence electrons. The van der Waals surface area contributed by atoms with E-state index < -0.39 is 23.9 Å². The van der Waals surface area contributed by atoms with Crippen LogP contribution in [-0.2, 0) is 0 Å². The average molecular weight is 344 g/mol. The van der Waals surface area contributed by atoms with Crippen LogP contribution < -0.4 is 0 Å². The first-order chi connectivity index (χ1) is 9.90. The molecule has 2 nitrogen and oxygen atoms in total. The zero-order chi connectivity index (χ0) is 17.1. The average Bonchev–Trinajstić information content (AvgIpc) is 2.33. The fourth-order valence-electron chi connectivity index (χ4n) is 1.51. The van der Waals surface area contributed by atoms with E-state index in [1.54, 1.807) is 6.92 Å². The summed E-state index contributed by atoms with van der Waals surface area (Å²) in [4.78, 5) is 4.56. The number of hydrogen-bond donors (Lipinski definition) is 0. The summed E-state index contributed by atoms with van der Waals surface area (Å²) in [5.74, 6) is -2.23. The van der Waals surface area contributed by atoms with E-state index in [0.29, 0.717) is 17.3 Å². The number of aliphatic imine (C=N–C) groups is 1. The minimum absolute atomic E-state index is 0.0451. The molecule has 0 aliphatic carbocycles. The summed E-state index contributed by atoms with van der Waals surface area (Å²) in [5, 5.41) is 0. The monoisotopic (exact) mass is 344 g/mol. The van der Waals surface area contributed by atoms with E-state index in [9.17, 15) is 26.3 Å². The van der Waals surface area contributed by atoms with Crippen molar-refractivity contribution in [3.63, 3.8) is 0 Å². The van der Waals surface area contributed by atoms with Gasteiger partial charge in [-0.05, 0) is 24.6 Å². The Bertz CT molecular complexity index is 548. The van der Waals surface area contributed by atoms with Crippen molar-refractivity contribution in [1.82, 2.24) is 4.90 Å². The summed E-state index contributed by atoms with van der Waals surface area (Å²) < 4.78 is 75.2. The second-order valence-corrected chi connectivity index (χ2v) is 5.70. The van der Waals surface area contributed by atoms with Crippen LogP contribution in [0.25, 0.3) is 0 Å². The fourth-order valence-corrected chi connectivity index (χ4v) is 2.33. The van der Waals surface area contributed by atoms with Crippen LogP contribution in [0.3, 0.4) is 0 Å². The Balaban J connectivity index is 3.11. The first kappa shape index (κ1) is 18.7. The van der Waals surface area contributed by atoms with Crippen LogP contribution in [0.15, 0.2) is 28.1 Å². The predicted molar refractivity (Wildman–Crippen MR) is 74.8 cm³/mol. The lowest BCUT2D eigenvalue weighted by molar-refractivity contribution is -0.105. The fraction of sp³-hybridized carbons (Fsp3) is 0.462. The number of benzene rings is 1. The number of alkyl halides is 6. The lowest BCUT2D eigenvalue weighted by Crippen LogP contribution is -2.35. The summed E-state index contributed by atoms with van der Waals surface area (Å²) in [7, 11) is 2.39. The Hall–Kier alpha value is -1.38. The summed E-state index contributed by atoms with van der Waals surface area (Å²) in [6.45, 7) is 1.59. The first-order valence-corrected chi connectivity index (χ1v) is 7.02. The van der Waals surface area contributed by atoms with Gasteiger partial charge in [0.1, 0.15) is 0 Å². The lowest BCUT2D eigenvalue weighted by Gasteiger charge is -2.18. The number of hydrogen-bond acceptors (Lipinski definition) is 2. The molecule has 0 unspecified atom stereocenters. The maximum Gasteiger partial charge on any atom is 0.449 e. The smallest absolute Gasteiger partial charge is 0.359 e. The summed E-state index contributed by atoms with van der Waals surface area (Å²) in [5.41, 5.74) is 0.503. The zero-order valence-corrected chi connectivity index (χ0v) is 12.8. The first-order valence-electron chi connectivity index (χ1n) is 6.03. The normalized spacial score (nSPS) is 13.4. The highest BCUT2D eigenvalue weighted by molar-refractivity contribution is 7.99. The van der Waals surface area contributed by atoms with Crippen LogP contribution >= 0.6 is 11.8 Å². The van der Waals surface area contributed by atoms with Crippen LogP contribution in [0.1, 0.15) is 5.56 Å². The van der Waals surface area contributed by atoms with Crippen molar-refractivity contribution >= 4 is 23.3 Å². The molecule has 9 heteroatoms. The molecule has 0 spiro atoms. The second-order valence-electron chi connectivity index (χ2n) is 4.68. The molecule has 0 atom stereocenters. The predicted octanol–water partition coefficient (Wildman–Crippen LogP) is 4.80. The number of amidine groups is 1. The van der Waals surface area contributed by atoms with Gasteiger partial charge in [-0.3, -0.25) is 0 Å². The van der Waals surface area contributed by atoms with E-state index in [-0.39, 0.29) is 10.6 Å². The van der Waals surface area contributed by atoms with E-state index in [2.05, 4.69) is 4.99 Å². The third-order valence-corrected chi connectivity index (χ3v) is 3.70. The third-order valence-electron chi connectivity index (χ3n) is 2.48. The molecule has 0 fully saturated rings. The number of aryl methyl sites for hydroxylation is 1. The molecule has 1 rings (SSSR count). The minimum Gasteiger partial charge on any atom is -0.359 e. The van der Waals surface area contributed by atoms with Crippen LogP contribution in [0.4, 0.5) is 32.0 Å². The molecule has 0 aromatic heterocycles. The van der Waals surface area contributed by atoms with Gasteiger partial charge in [0.15, 0.2) is 0 Å². The Labute approximate surface area is 128 Å². The van der Waals surface area contributed by atoms with Crippen molar-refractivity contribution in [2.45, 2.75) is 24.2 Å². The molecular formula is C13H14F6N2S. The molecule has 1 aromatic carbocycles. The molecule has 0 N–H and O–H groups in total. The number of thioether (sulfide) groups is 1. The standard InChI is InChI=1S/C13H14F6N2S/c1-8-4-5-9(6-10(8)22-7-12(14,15)16)20-11(21(2)3)13(17,18)19/h4-6H,7H2,1-3H3. The zero-order valence-electron chi connectivity index (χ0n) is 12.0. The van der Waals surface area contributed by atoms with Crippen LogP contribution in [0.2, 0.25) is 0 Å². The maximum atomic E-state index is 12.8. The maximum absolute atomic E-state index is 12.8. The van der Waals surface area contributed by atoms with Gasteiger partial charge >= 0.3 is 12.4 Å². The number of nitrogens with zero attached hydrogens (tertiary/aromatic N) is 2. The van der Waals surface area contributed by atoms with Crippen molar-refractivity contribution < 1.29 is 26.3 Å². The molecular weight excluding hydrogens is 330 g/mol. The minimum atomic E-state index is -4.65. The van der Waals surface area contributed by atoms with Crippen molar-refractivity contribution in [3.05, 3.63) is 23.8 Å². The highest BCUT2D eigenvalue weighted by Crippen LogP contribution is 2.32. The van der Waals surface area contributed by atoms with Gasteiger partial charge in [-0.15, -0.1) is 11.8 Å². The van der Waals surface area contributed by atoms with Crippen LogP contribution in [0, 0.1) is 6.92 Å². The van der Waals surface area contributed by atoms with Crippen LogP contribution in [0.5, 0.6) is 0 Å². The van der Waals surface area contributed by atoms with Crippen molar-refractivity contribution in [3.8, 4) is 0 Å². The Kier molecular flexibility index (Phi) is 5.77. The molecule has 0 amide bonds. The van der Waals surface area contributed by atoms with Crippen molar-refractivity contribution in [2.75, 3.05) is 19.8 Å². The summed E-state index contributed by atoms with van der Waals surface area (Å²) >= 11 is 0.522. The number of halogens is 6. The number of rotatable bonds is 3. The highest BCUT2D eigenvalue weighted by Gasteiger charge is 2.37. The summed E-state index contributed by atoms with van der Waals surface area (Å²) in [6.07, 6.45) is -9.00. The molecule has 0 saturated carbocycles. The Morgan fingerprint density at radius 2 is 1.73 bits per heavy atom. The topological polar surface area (TPSA) is 15.6 Å². The molecule has 0 aliphatic heterocycles. The van der Waals surface area contributed by atoms with Gasteiger partial charge in [0.2, 0.25) is 5.84 Å².